The summed E-state index contributed by atoms with van der Waals surface area (Å²) < 4.78 is 20.2. The Kier molecular flexibility index (Phi) is 3.33. The van der Waals surface area contributed by atoms with E-state index < -0.39 is 0 Å². The van der Waals surface area contributed by atoms with Gasteiger partial charge in [-0.05, 0) is 23.9 Å². The Balaban J connectivity index is 1.99. The molecule has 3 rings (SSSR count). The number of rotatable bonds is 3. The molecule has 1 aromatic carbocycles. The fraction of sp³-hybridized carbons (Fsp3) is 0.143. The van der Waals surface area contributed by atoms with Crippen LogP contribution in [0.4, 0.5) is 4.39 Å². The van der Waals surface area contributed by atoms with Crippen LogP contribution < -0.4 is 10.5 Å². The molecule has 0 aliphatic carbocycles. The molecule has 0 saturated heterocycles. The van der Waals surface area contributed by atoms with Gasteiger partial charge in [-0.15, -0.1) is 11.3 Å². The molecule has 6 heteroatoms. The molecule has 0 radical (unpaired) electrons. The van der Waals surface area contributed by atoms with E-state index in [2.05, 4.69) is 9.97 Å². The number of nitrogens with two attached hydrogens (primary N) is 1. The second kappa shape index (κ2) is 5.15. The molecule has 0 bridgehead atoms. The maximum Gasteiger partial charge on any atom is 0.240 e. The summed E-state index contributed by atoms with van der Waals surface area (Å²) >= 11 is 1.51. The standard InChI is InChI=1S/C14H12FN3OS/c1-8-6-20-13-12(8)17-7-18-14(13)19-10-3-2-9(5-16)11(15)4-10/h2-4,6-7H,5,16H2,1H3. The van der Waals surface area contributed by atoms with E-state index in [1.165, 1.54) is 23.7 Å². The first kappa shape index (κ1) is 13.0. The number of fused-ring (bicyclic) bond motifs is 1. The highest BCUT2D eigenvalue weighted by Crippen LogP contribution is 2.33. The Morgan fingerprint density at radius 3 is 2.95 bits per heavy atom. The zero-order valence-corrected chi connectivity index (χ0v) is 11.6. The molecule has 20 heavy (non-hydrogen) atoms. The number of thiophene rings is 1. The minimum atomic E-state index is -0.377. The van der Waals surface area contributed by atoms with Crippen molar-refractivity contribution in [3.8, 4) is 11.6 Å². The van der Waals surface area contributed by atoms with Gasteiger partial charge in [-0.1, -0.05) is 6.07 Å². The van der Waals surface area contributed by atoms with Gasteiger partial charge in [-0.3, -0.25) is 0 Å². The van der Waals surface area contributed by atoms with Crippen LogP contribution in [-0.4, -0.2) is 9.97 Å². The van der Waals surface area contributed by atoms with E-state index in [4.69, 9.17) is 10.5 Å². The van der Waals surface area contributed by atoms with Crippen molar-refractivity contribution in [2.45, 2.75) is 13.5 Å². The number of ether oxygens (including phenoxy) is 1. The lowest BCUT2D eigenvalue weighted by Crippen LogP contribution is -1.99. The Bertz CT molecular complexity index is 772. The van der Waals surface area contributed by atoms with Gasteiger partial charge in [0.15, 0.2) is 0 Å². The van der Waals surface area contributed by atoms with Crippen LogP contribution in [0.25, 0.3) is 10.2 Å². The topological polar surface area (TPSA) is 61.0 Å². The summed E-state index contributed by atoms with van der Waals surface area (Å²) in [6.45, 7) is 2.14. The average Bonchev–Trinajstić information content (AvgIpc) is 2.82. The maximum atomic E-state index is 13.7. The molecular formula is C14H12FN3OS. The second-order valence-electron chi connectivity index (χ2n) is 4.33. The van der Waals surface area contributed by atoms with E-state index >= 15 is 0 Å². The highest BCUT2D eigenvalue weighted by Gasteiger charge is 2.11. The van der Waals surface area contributed by atoms with Gasteiger partial charge < -0.3 is 10.5 Å². The van der Waals surface area contributed by atoms with Crippen LogP contribution in [0.5, 0.6) is 11.6 Å². The second-order valence-corrected chi connectivity index (χ2v) is 5.21. The summed E-state index contributed by atoms with van der Waals surface area (Å²) in [5, 5.41) is 1.99. The van der Waals surface area contributed by atoms with Crippen molar-refractivity contribution in [3.05, 3.63) is 46.9 Å². The SMILES string of the molecule is Cc1csc2c(Oc3ccc(CN)c(F)c3)ncnc12. The first-order valence-electron chi connectivity index (χ1n) is 6.04. The fourth-order valence-corrected chi connectivity index (χ4v) is 2.82. The van der Waals surface area contributed by atoms with Gasteiger partial charge in [0.2, 0.25) is 5.88 Å². The number of hydrogen-bond acceptors (Lipinski definition) is 5. The van der Waals surface area contributed by atoms with E-state index in [-0.39, 0.29) is 12.4 Å². The Morgan fingerprint density at radius 1 is 1.35 bits per heavy atom. The lowest BCUT2D eigenvalue weighted by Gasteiger charge is -2.07. The first-order valence-corrected chi connectivity index (χ1v) is 6.92. The molecule has 102 valence electrons. The number of hydrogen-bond donors (Lipinski definition) is 1. The largest absolute Gasteiger partial charge is 0.437 e. The van der Waals surface area contributed by atoms with Gasteiger partial charge in [0.1, 0.15) is 22.6 Å². The monoisotopic (exact) mass is 289 g/mol. The van der Waals surface area contributed by atoms with Crippen molar-refractivity contribution in [1.82, 2.24) is 9.97 Å². The molecule has 2 heterocycles. The number of nitrogens with zero attached hydrogens (tertiary/aromatic N) is 2. The first-order chi connectivity index (χ1) is 9.69. The molecule has 2 aromatic heterocycles. The van der Waals surface area contributed by atoms with Crippen molar-refractivity contribution >= 4 is 21.6 Å². The van der Waals surface area contributed by atoms with Crippen molar-refractivity contribution in [2.24, 2.45) is 5.73 Å². The molecular weight excluding hydrogens is 277 g/mol. The predicted octanol–water partition coefficient (Wildman–Crippen LogP) is 3.39. The van der Waals surface area contributed by atoms with Crippen LogP contribution in [-0.2, 0) is 6.54 Å². The van der Waals surface area contributed by atoms with E-state index in [0.29, 0.717) is 17.2 Å². The van der Waals surface area contributed by atoms with Crippen LogP contribution in [0.1, 0.15) is 11.1 Å². The Hall–Kier alpha value is -2.05. The zero-order valence-electron chi connectivity index (χ0n) is 10.8. The number of halogens is 1. The van der Waals surface area contributed by atoms with Gasteiger partial charge >= 0.3 is 0 Å². The van der Waals surface area contributed by atoms with Gasteiger partial charge in [0, 0.05) is 18.2 Å². The summed E-state index contributed by atoms with van der Waals surface area (Å²) in [5.74, 6) is 0.455. The van der Waals surface area contributed by atoms with Crippen LogP contribution in [0, 0.1) is 12.7 Å². The third-order valence-electron chi connectivity index (χ3n) is 2.96. The van der Waals surface area contributed by atoms with Crippen LogP contribution in [0.2, 0.25) is 0 Å². The van der Waals surface area contributed by atoms with Crippen molar-refractivity contribution in [3.63, 3.8) is 0 Å². The summed E-state index contributed by atoms with van der Waals surface area (Å²) in [6.07, 6.45) is 1.45. The molecule has 0 unspecified atom stereocenters. The van der Waals surface area contributed by atoms with Crippen molar-refractivity contribution < 1.29 is 9.13 Å². The quantitative estimate of drug-likeness (QED) is 0.803. The third kappa shape index (κ3) is 2.23. The average molecular weight is 289 g/mol. The van der Waals surface area contributed by atoms with E-state index in [9.17, 15) is 4.39 Å². The number of aromatic nitrogens is 2. The highest BCUT2D eigenvalue weighted by atomic mass is 32.1. The van der Waals surface area contributed by atoms with Crippen LogP contribution in [0.15, 0.2) is 29.9 Å². The molecule has 0 spiro atoms. The van der Waals surface area contributed by atoms with Gasteiger partial charge in [0.25, 0.3) is 0 Å². The summed E-state index contributed by atoms with van der Waals surface area (Å²) in [7, 11) is 0. The summed E-state index contributed by atoms with van der Waals surface area (Å²) in [6, 6.07) is 4.61. The van der Waals surface area contributed by atoms with Crippen LogP contribution in [0.3, 0.4) is 0 Å². The minimum Gasteiger partial charge on any atom is -0.437 e. The summed E-state index contributed by atoms with van der Waals surface area (Å²) in [5.41, 5.74) is 7.82. The minimum absolute atomic E-state index is 0.161. The molecule has 0 fully saturated rings. The predicted molar refractivity (Wildman–Crippen MR) is 76.5 cm³/mol. The van der Waals surface area contributed by atoms with Crippen molar-refractivity contribution in [1.29, 1.82) is 0 Å². The number of benzene rings is 1. The maximum absolute atomic E-state index is 13.7. The smallest absolute Gasteiger partial charge is 0.240 e. The van der Waals surface area contributed by atoms with Gasteiger partial charge in [-0.2, -0.15) is 0 Å². The lowest BCUT2D eigenvalue weighted by molar-refractivity contribution is 0.463. The van der Waals surface area contributed by atoms with Gasteiger partial charge in [-0.25, -0.2) is 14.4 Å². The molecule has 4 nitrogen and oxygen atoms in total. The Labute approximate surface area is 119 Å². The zero-order chi connectivity index (χ0) is 14.1. The molecule has 3 aromatic rings. The van der Waals surface area contributed by atoms with E-state index in [1.807, 2.05) is 12.3 Å². The molecule has 0 aliphatic heterocycles. The molecule has 2 N–H and O–H groups in total. The summed E-state index contributed by atoms with van der Waals surface area (Å²) in [4.78, 5) is 8.33. The number of aryl methyl sites for hydroxylation is 1. The Morgan fingerprint density at radius 2 is 2.20 bits per heavy atom. The molecule has 0 atom stereocenters. The van der Waals surface area contributed by atoms with E-state index in [1.54, 1.807) is 12.1 Å². The normalized spacial score (nSPS) is 10.9. The third-order valence-corrected chi connectivity index (χ3v) is 4.03. The lowest BCUT2D eigenvalue weighted by atomic mass is 10.2. The molecule has 0 amide bonds. The fourth-order valence-electron chi connectivity index (χ4n) is 1.89. The highest BCUT2D eigenvalue weighted by molar-refractivity contribution is 7.17. The molecule has 0 aliphatic rings. The van der Waals surface area contributed by atoms with E-state index in [0.717, 1.165) is 15.8 Å². The van der Waals surface area contributed by atoms with Crippen molar-refractivity contribution in [2.75, 3.05) is 0 Å². The van der Waals surface area contributed by atoms with Crippen LogP contribution >= 0.6 is 11.3 Å². The van der Waals surface area contributed by atoms with Gasteiger partial charge in [0.05, 0.1) is 5.52 Å². The molecule has 0 saturated carbocycles.